The minimum absolute atomic E-state index is 0.0484. The fraction of sp³-hybridized carbons (Fsp3) is 0.280. The van der Waals surface area contributed by atoms with E-state index in [1.807, 2.05) is 36.6 Å². The molecule has 1 aliphatic rings. The number of nitrogens with one attached hydrogen (secondary N) is 2. The quantitative estimate of drug-likeness (QED) is 0.693. The van der Waals surface area contributed by atoms with Crippen LogP contribution in [0.1, 0.15) is 33.5 Å². The lowest BCUT2D eigenvalue weighted by Gasteiger charge is -2.25. The SMILES string of the molecule is Cc1c(C#N)c(NC(=O)C[NH+]2CCc3ccccc3C2)n(Cc2ccccc2)c1C. The number of nitrogens with zero attached hydrogens (tertiary/aromatic N) is 2. The lowest BCUT2D eigenvalue weighted by molar-refractivity contribution is -0.907. The van der Waals surface area contributed by atoms with E-state index in [4.69, 9.17) is 0 Å². The van der Waals surface area contributed by atoms with Crippen molar-refractivity contribution in [1.82, 2.24) is 4.57 Å². The molecule has 4 rings (SSSR count). The molecule has 1 aromatic heterocycles. The Kier molecular flexibility index (Phi) is 5.69. The fourth-order valence-corrected chi connectivity index (χ4v) is 4.29. The van der Waals surface area contributed by atoms with Gasteiger partial charge in [-0.2, -0.15) is 5.26 Å². The minimum Gasteiger partial charge on any atom is -0.326 e. The number of aromatic nitrogens is 1. The summed E-state index contributed by atoms with van der Waals surface area (Å²) in [6.45, 7) is 6.76. The molecule has 0 aliphatic carbocycles. The van der Waals surface area contributed by atoms with Gasteiger partial charge in [0.05, 0.1) is 12.1 Å². The van der Waals surface area contributed by atoms with Crippen molar-refractivity contribution in [2.45, 2.75) is 33.4 Å². The van der Waals surface area contributed by atoms with Crippen LogP contribution in [0.2, 0.25) is 0 Å². The third-order valence-corrected chi connectivity index (χ3v) is 6.10. The molecule has 0 radical (unpaired) electrons. The lowest BCUT2D eigenvalue weighted by Crippen LogP contribution is -3.12. The summed E-state index contributed by atoms with van der Waals surface area (Å²) in [4.78, 5) is 14.2. The number of hydrogen-bond acceptors (Lipinski definition) is 2. The van der Waals surface area contributed by atoms with Gasteiger partial charge in [-0.15, -0.1) is 0 Å². The highest BCUT2D eigenvalue weighted by Gasteiger charge is 2.24. The van der Waals surface area contributed by atoms with Crippen molar-refractivity contribution in [3.05, 3.63) is 88.1 Å². The maximum absolute atomic E-state index is 12.9. The van der Waals surface area contributed by atoms with Gasteiger partial charge in [0.2, 0.25) is 0 Å². The van der Waals surface area contributed by atoms with Crippen LogP contribution in [-0.2, 0) is 24.3 Å². The first-order valence-corrected chi connectivity index (χ1v) is 10.4. The minimum atomic E-state index is -0.0484. The zero-order valence-corrected chi connectivity index (χ0v) is 17.5. The predicted octanol–water partition coefficient (Wildman–Crippen LogP) is 2.60. The van der Waals surface area contributed by atoms with E-state index in [9.17, 15) is 10.1 Å². The molecule has 0 saturated heterocycles. The van der Waals surface area contributed by atoms with Gasteiger partial charge in [-0.3, -0.25) is 4.79 Å². The first-order chi connectivity index (χ1) is 14.6. The van der Waals surface area contributed by atoms with E-state index in [0.29, 0.717) is 24.5 Å². The smallest absolute Gasteiger partial charge is 0.280 e. The summed E-state index contributed by atoms with van der Waals surface area (Å²) in [6, 6.07) is 20.9. The Labute approximate surface area is 177 Å². The van der Waals surface area contributed by atoms with Crippen LogP contribution in [0.3, 0.4) is 0 Å². The van der Waals surface area contributed by atoms with Crippen LogP contribution in [0.25, 0.3) is 0 Å². The predicted molar refractivity (Wildman–Crippen MR) is 117 cm³/mol. The fourth-order valence-electron chi connectivity index (χ4n) is 4.29. The summed E-state index contributed by atoms with van der Waals surface area (Å²) >= 11 is 0. The van der Waals surface area contributed by atoms with Crippen LogP contribution < -0.4 is 10.2 Å². The molecule has 2 heterocycles. The van der Waals surface area contributed by atoms with Crippen LogP contribution in [0.5, 0.6) is 0 Å². The van der Waals surface area contributed by atoms with Crippen molar-refractivity contribution in [2.75, 3.05) is 18.4 Å². The molecule has 0 spiro atoms. The summed E-state index contributed by atoms with van der Waals surface area (Å²) in [5, 5.41) is 12.8. The van der Waals surface area contributed by atoms with E-state index in [0.717, 1.165) is 36.3 Å². The van der Waals surface area contributed by atoms with Gasteiger partial charge in [0.25, 0.3) is 5.91 Å². The lowest BCUT2D eigenvalue weighted by atomic mass is 10.00. The Bertz CT molecular complexity index is 1110. The van der Waals surface area contributed by atoms with Gasteiger partial charge in [-0.05, 0) is 30.5 Å². The molecule has 1 amide bonds. The highest BCUT2D eigenvalue weighted by atomic mass is 16.2. The van der Waals surface area contributed by atoms with Crippen molar-refractivity contribution in [3.63, 3.8) is 0 Å². The maximum atomic E-state index is 12.9. The first-order valence-electron chi connectivity index (χ1n) is 10.4. The van der Waals surface area contributed by atoms with Crippen molar-refractivity contribution < 1.29 is 9.69 Å². The maximum Gasteiger partial charge on any atom is 0.280 e. The van der Waals surface area contributed by atoms with Gasteiger partial charge in [-0.1, -0.05) is 54.6 Å². The van der Waals surface area contributed by atoms with Crippen LogP contribution in [0, 0.1) is 25.2 Å². The average molecular weight is 400 g/mol. The molecule has 3 aromatic rings. The summed E-state index contributed by atoms with van der Waals surface area (Å²) in [5.41, 5.74) is 6.32. The number of anilines is 1. The van der Waals surface area contributed by atoms with Crippen molar-refractivity contribution in [2.24, 2.45) is 0 Å². The highest BCUT2D eigenvalue weighted by Crippen LogP contribution is 2.27. The van der Waals surface area contributed by atoms with Crippen LogP contribution in [0.15, 0.2) is 54.6 Å². The summed E-state index contributed by atoms with van der Waals surface area (Å²) in [7, 11) is 0. The Morgan fingerprint density at radius 1 is 1.10 bits per heavy atom. The van der Waals surface area contributed by atoms with Gasteiger partial charge < -0.3 is 14.8 Å². The molecule has 2 aromatic carbocycles. The number of rotatable bonds is 5. The second-order valence-corrected chi connectivity index (χ2v) is 8.04. The number of carbonyl (C=O) groups excluding carboxylic acids is 1. The van der Waals surface area contributed by atoms with Crippen molar-refractivity contribution >= 4 is 11.7 Å². The van der Waals surface area contributed by atoms with E-state index in [-0.39, 0.29) is 5.91 Å². The van der Waals surface area contributed by atoms with Crippen molar-refractivity contribution in [3.8, 4) is 6.07 Å². The number of fused-ring (bicyclic) bond motifs is 1. The Morgan fingerprint density at radius 3 is 2.53 bits per heavy atom. The van der Waals surface area contributed by atoms with Gasteiger partial charge in [0.15, 0.2) is 6.54 Å². The number of nitriles is 1. The van der Waals surface area contributed by atoms with Gasteiger partial charge >= 0.3 is 0 Å². The Hall–Kier alpha value is -3.36. The molecule has 30 heavy (non-hydrogen) atoms. The molecule has 1 atom stereocenters. The molecular formula is C25H27N4O+. The Morgan fingerprint density at radius 2 is 1.80 bits per heavy atom. The largest absolute Gasteiger partial charge is 0.326 e. The van der Waals surface area contributed by atoms with E-state index >= 15 is 0 Å². The van der Waals surface area contributed by atoms with E-state index in [1.165, 1.54) is 16.0 Å². The monoisotopic (exact) mass is 399 g/mol. The van der Waals surface area contributed by atoms with Gasteiger partial charge in [0.1, 0.15) is 18.4 Å². The number of benzene rings is 2. The van der Waals surface area contributed by atoms with Gasteiger partial charge in [-0.25, -0.2) is 0 Å². The zero-order chi connectivity index (χ0) is 21.1. The molecule has 1 aliphatic heterocycles. The van der Waals surface area contributed by atoms with E-state index < -0.39 is 0 Å². The average Bonchev–Trinajstić information content (AvgIpc) is 2.98. The number of hydrogen-bond donors (Lipinski definition) is 2. The third-order valence-electron chi connectivity index (χ3n) is 6.10. The molecule has 0 saturated carbocycles. The number of quaternary nitrogens is 1. The van der Waals surface area contributed by atoms with Crippen LogP contribution >= 0.6 is 0 Å². The molecule has 1 unspecified atom stereocenters. The Balaban J connectivity index is 1.53. The second-order valence-electron chi connectivity index (χ2n) is 8.04. The van der Waals surface area contributed by atoms with E-state index in [1.54, 1.807) is 0 Å². The highest BCUT2D eigenvalue weighted by molar-refractivity contribution is 5.92. The third kappa shape index (κ3) is 4.00. The summed E-state index contributed by atoms with van der Waals surface area (Å²) < 4.78 is 2.04. The molecule has 0 fully saturated rings. The second kappa shape index (κ2) is 8.56. The molecule has 5 heteroatoms. The molecule has 152 valence electrons. The summed E-state index contributed by atoms with van der Waals surface area (Å²) in [6.07, 6.45) is 0.991. The van der Waals surface area contributed by atoms with Crippen LogP contribution in [-0.4, -0.2) is 23.6 Å². The summed E-state index contributed by atoms with van der Waals surface area (Å²) in [5.74, 6) is 0.561. The zero-order valence-electron chi connectivity index (χ0n) is 17.5. The number of carbonyl (C=O) groups is 1. The standard InChI is InChI=1S/C25H26N4O/c1-18-19(2)29(15-20-8-4-3-5-9-20)25(23(18)14-26)27-24(30)17-28-13-12-21-10-6-7-11-22(21)16-28/h3-11H,12-13,15-17H2,1-2H3,(H,27,30)/p+1. The first kappa shape index (κ1) is 19.9. The van der Waals surface area contributed by atoms with Gasteiger partial charge in [0, 0.05) is 24.2 Å². The molecule has 5 nitrogen and oxygen atoms in total. The van der Waals surface area contributed by atoms with Crippen molar-refractivity contribution in [1.29, 1.82) is 5.26 Å². The van der Waals surface area contributed by atoms with E-state index in [2.05, 4.69) is 47.8 Å². The topological polar surface area (TPSA) is 62.3 Å². The molecular weight excluding hydrogens is 372 g/mol. The molecule has 0 bridgehead atoms. The normalized spacial score (nSPS) is 15.3. The molecule has 2 N–H and O–H groups in total. The van der Waals surface area contributed by atoms with Crippen LogP contribution in [0.4, 0.5) is 5.82 Å². The number of amides is 1.